The topological polar surface area (TPSA) is 21.3 Å². The molecule has 0 amide bonds. The van der Waals surface area contributed by atoms with E-state index in [-0.39, 0.29) is 30.1 Å². The maximum absolute atomic E-state index is 12.8. The lowest BCUT2D eigenvalue weighted by molar-refractivity contribution is -0.120. The Morgan fingerprint density at radius 2 is 1.32 bits per heavy atom. The van der Waals surface area contributed by atoms with Crippen LogP contribution < -0.4 is 5.32 Å². The minimum Gasteiger partial charge on any atom is -0.373 e. The van der Waals surface area contributed by atoms with Gasteiger partial charge in [-0.2, -0.15) is 0 Å². The minimum atomic E-state index is -2.45. The molecule has 0 aromatic heterocycles. The van der Waals surface area contributed by atoms with E-state index in [0.29, 0.717) is 18.9 Å². The number of nitrogens with one attached hydrogen (secondary N) is 1. The summed E-state index contributed by atoms with van der Waals surface area (Å²) in [5.74, 6) is -2.45. The van der Waals surface area contributed by atoms with E-state index in [1.165, 1.54) is 0 Å². The van der Waals surface area contributed by atoms with Crippen LogP contribution in [0.3, 0.4) is 0 Å². The van der Waals surface area contributed by atoms with Crippen LogP contribution in [0.2, 0.25) is 0 Å². The summed E-state index contributed by atoms with van der Waals surface area (Å²) in [4.78, 5) is 0. The van der Waals surface area contributed by atoms with Crippen molar-refractivity contribution in [2.24, 2.45) is 0 Å². The van der Waals surface area contributed by atoms with Crippen LogP contribution in [-0.4, -0.2) is 35.4 Å². The van der Waals surface area contributed by atoms with Gasteiger partial charge in [-0.1, -0.05) is 0 Å². The van der Waals surface area contributed by atoms with Gasteiger partial charge in [0, 0.05) is 24.4 Å². The monoisotopic (exact) mass is 365 g/mol. The second kappa shape index (κ2) is 9.07. The molecule has 2 nitrogen and oxygen atoms in total. The van der Waals surface area contributed by atoms with E-state index in [0.717, 1.165) is 25.7 Å². The van der Waals surface area contributed by atoms with Crippen molar-refractivity contribution in [3.63, 3.8) is 0 Å². The summed E-state index contributed by atoms with van der Waals surface area (Å²) in [6.45, 7) is 12.4. The lowest BCUT2D eigenvalue weighted by Crippen LogP contribution is -2.45. The van der Waals surface area contributed by atoms with Crippen LogP contribution in [0.25, 0.3) is 0 Å². The zero-order valence-electron chi connectivity index (χ0n) is 16.9. The molecule has 5 heteroatoms. The fraction of sp³-hybridized carbons (Fsp3) is 1.00. The molecule has 0 atom stereocenters. The predicted octanol–water partition coefficient (Wildman–Crippen LogP) is 6.03. The summed E-state index contributed by atoms with van der Waals surface area (Å²) in [6, 6.07) is 0.539. The van der Waals surface area contributed by atoms with Gasteiger partial charge in [0.25, 0.3) is 0 Å². The highest BCUT2D eigenvalue weighted by Gasteiger charge is 2.36. The van der Waals surface area contributed by atoms with Crippen molar-refractivity contribution in [2.45, 2.75) is 128 Å². The first-order valence-electron chi connectivity index (χ1n) is 9.73. The van der Waals surface area contributed by atoms with Crippen molar-refractivity contribution in [1.29, 1.82) is 0 Å². The molecule has 150 valence electrons. The van der Waals surface area contributed by atoms with Crippen LogP contribution in [-0.2, 0) is 4.74 Å². The first-order valence-corrected chi connectivity index (χ1v) is 9.73. The molecule has 0 spiro atoms. The van der Waals surface area contributed by atoms with Crippen molar-refractivity contribution in [2.75, 3.05) is 0 Å². The Bertz CT molecular complexity index is 369. The number of alkyl halides is 3. The van der Waals surface area contributed by atoms with Crippen molar-refractivity contribution in [1.82, 2.24) is 5.32 Å². The molecular formula is C20H38F3NO. The largest absolute Gasteiger partial charge is 0.373 e. The number of halogens is 3. The predicted molar refractivity (Wildman–Crippen MR) is 98.1 cm³/mol. The molecule has 0 aliphatic heterocycles. The van der Waals surface area contributed by atoms with Gasteiger partial charge in [0.05, 0.1) is 11.7 Å². The van der Waals surface area contributed by atoms with E-state index >= 15 is 0 Å². The average Bonchev–Trinajstić information content (AvgIpc) is 2.42. The van der Waals surface area contributed by atoms with Crippen LogP contribution in [0.15, 0.2) is 0 Å². The minimum absolute atomic E-state index is 0.0201. The van der Waals surface area contributed by atoms with Gasteiger partial charge in [0.2, 0.25) is 5.92 Å². The van der Waals surface area contributed by atoms with Crippen LogP contribution in [0, 0.1) is 0 Å². The Hall–Kier alpha value is -0.290. The molecule has 0 aromatic rings. The Labute approximate surface area is 152 Å². The van der Waals surface area contributed by atoms with E-state index in [2.05, 4.69) is 26.1 Å². The standard InChI is InChI=1S/C10H18F2O.C10H20FN/c1-9(2,3)13-8-4-6-10(11,12)7-5-8;1-10(2,3)12-9-6-4-8(11)5-7-9/h8H,4-7H2,1-3H3;8-9,12H,4-7H2,1-3H3. The number of ether oxygens (including phenoxy) is 1. The van der Waals surface area contributed by atoms with Crippen molar-refractivity contribution in [3.05, 3.63) is 0 Å². The van der Waals surface area contributed by atoms with E-state index in [9.17, 15) is 13.2 Å². The van der Waals surface area contributed by atoms with Gasteiger partial charge in [0.15, 0.2) is 0 Å². The van der Waals surface area contributed by atoms with Gasteiger partial charge in [-0.25, -0.2) is 13.2 Å². The third-order valence-electron chi connectivity index (χ3n) is 4.48. The maximum atomic E-state index is 12.8. The molecule has 2 fully saturated rings. The van der Waals surface area contributed by atoms with Crippen molar-refractivity contribution < 1.29 is 17.9 Å². The average molecular weight is 366 g/mol. The Balaban J connectivity index is 0.000000251. The number of hydrogen-bond acceptors (Lipinski definition) is 2. The highest BCUT2D eigenvalue weighted by Crippen LogP contribution is 2.35. The second-order valence-corrected chi connectivity index (χ2v) is 9.63. The van der Waals surface area contributed by atoms with Crippen LogP contribution in [0.4, 0.5) is 13.2 Å². The number of rotatable bonds is 2. The van der Waals surface area contributed by atoms with Gasteiger partial charge in [-0.05, 0) is 80.1 Å². The van der Waals surface area contributed by atoms with Crippen LogP contribution >= 0.6 is 0 Å². The van der Waals surface area contributed by atoms with Crippen LogP contribution in [0.1, 0.15) is 92.9 Å². The fourth-order valence-electron chi connectivity index (χ4n) is 3.44. The molecule has 2 aliphatic carbocycles. The highest BCUT2D eigenvalue weighted by atomic mass is 19.3. The molecule has 25 heavy (non-hydrogen) atoms. The molecule has 1 N–H and O–H groups in total. The van der Waals surface area contributed by atoms with E-state index < -0.39 is 12.1 Å². The quantitative estimate of drug-likeness (QED) is 0.644. The summed E-state index contributed by atoms with van der Waals surface area (Å²) in [5.41, 5.74) is -0.0366. The molecule has 0 heterocycles. The van der Waals surface area contributed by atoms with Gasteiger partial charge < -0.3 is 10.1 Å². The molecule has 0 radical (unpaired) electrons. The smallest absolute Gasteiger partial charge is 0.248 e. The molecule has 2 saturated carbocycles. The molecule has 0 aromatic carbocycles. The molecule has 0 bridgehead atoms. The Morgan fingerprint density at radius 1 is 0.840 bits per heavy atom. The van der Waals surface area contributed by atoms with Gasteiger partial charge in [0.1, 0.15) is 6.17 Å². The Kier molecular flexibility index (Phi) is 8.26. The fourth-order valence-corrected chi connectivity index (χ4v) is 3.44. The van der Waals surface area contributed by atoms with E-state index in [1.54, 1.807) is 0 Å². The summed E-state index contributed by atoms with van der Waals surface area (Å²) in [6.07, 6.45) is 3.91. The summed E-state index contributed by atoms with van der Waals surface area (Å²) >= 11 is 0. The summed E-state index contributed by atoms with van der Waals surface area (Å²) < 4.78 is 43.9. The molecule has 2 aliphatic rings. The zero-order valence-corrected chi connectivity index (χ0v) is 16.9. The first-order chi connectivity index (χ1) is 11.3. The highest BCUT2D eigenvalue weighted by molar-refractivity contribution is 4.82. The normalized spacial score (nSPS) is 28.2. The third-order valence-corrected chi connectivity index (χ3v) is 4.48. The van der Waals surface area contributed by atoms with Crippen molar-refractivity contribution in [3.8, 4) is 0 Å². The lowest BCUT2D eigenvalue weighted by atomic mass is 9.92. The zero-order chi connectivity index (χ0) is 19.3. The lowest BCUT2D eigenvalue weighted by Gasteiger charge is -2.33. The third kappa shape index (κ3) is 11.1. The summed E-state index contributed by atoms with van der Waals surface area (Å²) in [5, 5.41) is 3.51. The molecule has 0 saturated heterocycles. The van der Waals surface area contributed by atoms with Gasteiger partial charge >= 0.3 is 0 Å². The van der Waals surface area contributed by atoms with E-state index in [4.69, 9.17) is 4.74 Å². The molecule has 2 rings (SSSR count). The molecule has 0 unspecified atom stereocenters. The van der Waals surface area contributed by atoms with Crippen molar-refractivity contribution >= 4 is 0 Å². The SMILES string of the molecule is CC(C)(C)NC1CCC(F)CC1.CC(C)(C)OC1CCC(F)(F)CC1. The van der Waals surface area contributed by atoms with E-state index in [1.807, 2.05) is 20.8 Å². The molecular weight excluding hydrogens is 327 g/mol. The number of hydrogen-bond donors (Lipinski definition) is 1. The van der Waals surface area contributed by atoms with Gasteiger partial charge in [-0.3, -0.25) is 0 Å². The van der Waals surface area contributed by atoms with Crippen LogP contribution in [0.5, 0.6) is 0 Å². The second-order valence-electron chi connectivity index (χ2n) is 9.63. The first kappa shape index (κ1) is 22.8. The van der Waals surface area contributed by atoms with Gasteiger partial charge in [-0.15, -0.1) is 0 Å². The maximum Gasteiger partial charge on any atom is 0.248 e. The summed E-state index contributed by atoms with van der Waals surface area (Å²) in [7, 11) is 0. The Morgan fingerprint density at radius 3 is 1.72 bits per heavy atom.